The minimum atomic E-state index is -0.629. The predicted molar refractivity (Wildman–Crippen MR) is 96.9 cm³/mol. The van der Waals surface area contributed by atoms with Crippen molar-refractivity contribution in [3.8, 4) is 0 Å². The van der Waals surface area contributed by atoms with Crippen LogP contribution in [0.1, 0.15) is 15.9 Å². The molecular formula is C18H14N2O4S. The molecule has 0 atom stereocenters. The van der Waals surface area contributed by atoms with Gasteiger partial charge in [0, 0.05) is 0 Å². The number of thiocarbonyl (C=S) groups is 1. The van der Waals surface area contributed by atoms with E-state index in [9.17, 15) is 14.4 Å². The van der Waals surface area contributed by atoms with Gasteiger partial charge in [0.1, 0.15) is 0 Å². The van der Waals surface area contributed by atoms with Crippen LogP contribution in [0.25, 0.3) is 0 Å². The maximum absolute atomic E-state index is 12.9. The van der Waals surface area contributed by atoms with E-state index in [-0.39, 0.29) is 16.2 Å². The maximum atomic E-state index is 12.9. The van der Waals surface area contributed by atoms with Crippen molar-refractivity contribution in [3.05, 3.63) is 59.7 Å². The van der Waals surface area contributed by atoms with E-state index < -0.39 is 17.9 Å². The minimum absolute atomic E-state index is 0.152. The number of ether oxygens (including phenoxy) is 1. The van der Waals surface area contributed by atoms with Crippen LogP contribution in [0, 0.1) is 6.92 Å². The van der Waals surface area contributed by atoms with Crippen molar-refractivity contribution in [1.29, 1.82) is 0 Å². The van der Waals surface area contributed by atoms with E-state index in [0.717, 1.165) is 15.4 Å². The van der Waals surface area contributed by atoms with Gasteiger partial charge in [0.2, 0.25) is 0 Å². The number of nitrogens with zero attached hydrogens (tertiary/aromatic N) is 2. The topological polar surface area (TPSA) is 66.9 Å². The van der Waals surface area contributed by atoms with Crippen LogP contribution in [-0.4, -0.2) is 30.0 Å². The summed E-state index contributed by atoms with van der Waals surface area (Å²) in [5.41, 5.74) is 1.78. The molecule has 0 unspecified atom stereocenters. The van der Waals surface area contributed by atoms with E-state index in [2.05, 4.69) is 0 Å². The third kappa shape index (κ3) is 2.78. The first kappa shape index (κ1) is 16.8. The molecule has 3 rings (SSSR count). The lowest BCUT2D eigenvalue weighted by Gasteiger charge is -2.18. The molecule has 1 fully saturated rings. The second kappa shape index (κ2) is 6.45. The lowest BCUT2D eigenvalue weighted by atomic mass is 10.1. The Morgan fingerprint density at radius 3 is 2.28 bits per heavy atom. The van der Waals surface area contributed by atoms with E-state index in [1.165, 1.54) is 13.2 Å². The number of anilines is 2. The number of amides is 3. The molecule has 7 heteroatoms. The number of para-hydroxylation sites is 1. The highest BCUT2D eigenvalue weighted by atomic mass is 32.1. The Hall–Kier alpha value is -3.06. The highest BCUT2D eigenvalue weighted by molar-refractivity contribution is 7.82. The predicted octanol–water partition coefficient (Wildman–Crippen LogP) is 3.08. The summed E-state index contributed by atoms with van der Waals surface area (Å²) in [5.74, 6) is -1.23. The molecule has 0 aromatic heterocycles. The van der Waals surface area contributed by atoms with Crippen molar-refractivity contribution in [3.63, 3.8) is 0 Å². The van der Waals surface area contributed by atoms with Crippen LogP contribution in [0.5, 0.6) is 0 Å². The quantitative estimate of drug-likeness (QED) is 0.481. The van der Waals surface area contributed by atoms with Gasteiger partial charge in [0.15, 0.2) is 4.99 Å². The van der Waals surface area contributed by atoms with Crippen LogP contribution >= 0.6 is 12.2 Å². The van der Waals surface area contributed by atoms with Gasteiger partial charge in [-0.2, -0.15) is 0 Å². The van der Waals surface area contributed by atoms with E-state index in [1.54, 1.807) is 42.5 Å². The van der Waals surface area contributed by atoms with E-state index >= 15 is 0 Å². The van der Waals surface area contributed by atoms with Crippen molar-refractivity contribution < 1.29 is 19.1 Å². The van der Waals surface area contributed by atoms with Gasteiger partial charge in [-0.25, -0.2) is 19.4 Å². The Balaban J connectivity index is 2.06. The Bertz CT molecular complexity index is 892. The summed E-state index contributed by atoms with van der Waals surface area (Å²) in [6.45, 7) is 1.90. The number of benzene rings is 2. The maximum Gasteiger partial charge on any atom is 0.341 e. The zero-order valence-corrected chi connectivity index (χ0v) is 14.4. The molecule has 3 amide bonds. The molecule has 0 bridgehead atoms. The molecule has 0 radical (unpaired) electrons. The smallest absolute Gasteiger partial charge is 0.341 e. The number of imide groups is 1. The largest absolute Gasteiger partial charge is 0.465 e. The Morgan fingerprint density at radius 2 is 1.64 bits per heavy atom. The van der Waals surface area contributed by atoms with E-state index in [0.29, 0.717) is 5.69 Å². The second-order valence-corrected chi connectivity index (χ2v) is 5.79. The molecule has 126 valence electrons. The highest BCUT2D eigenvalue weighted by Crippen LogP contribution is 2.30. The lowest BCUT2D eigenvalue weighted by molar-refractivity contribution is -0.111. The first-order valence-corrected chi connectivity index (χ1v) is 7.83. The van der Waals surface area contributed by atoms with Crippen LogP contribution in [0.3, 0.4) is 0 Å². The number of methoxy groups -OCH3 is 1. The van der Waals surface area contributed by atoms with E-state index in [1.807, 2.05) is 6.92 Å². The van der Waals surface area contributed by atoms with Crippen molar-refractivity contribution >= 4 is 46.5 Å². The van der Waals surface area contributed by atoms with Gasteiger partial charge in [0.25, 0.3) is 5.91 Å². The SMILES string of the molecule is COC(=O)c1ccccc1N1C(=O)N(c2ccc(C)cc2)C(=O)C1=S. The molecule has 1 heterocycles. The zero-order valence-electron chi connectivity index (χ0n) is 13.6. The first-order valence-electron chi connectivity index (χ1n) is 7.42. The number of carbonyl (C=O) groups excluding carboxylic acids is 3. The third-order valence-corrected chi connectivity index (χ3v) is 4.17. The normalized spacial score (nSPS) is 14.2. The van der Waals surface area contributed by atoms with Gasteiger partial charge in [0.05, 0.1) is 24.0 Å². The van der Waals surface area contributed by atoms with Crippen LogP contribution in [-0.2, 0) is 9.53 Å². The fourth-order valence-electron chi connectivity index (χ4n) is 2.55. The molecule has 25 heavy (non-hydrogen) atoms. The average Bonchev–Trinajstić information content (AvgIpc) is 2.84. The monoisotopic (exact) mass is 354 g/mol. The summed E-state index contributed by atoms with van der Waals surface area (Å²) in [6.07, 6.45) is 0. The summed E-state index contributed by atoms with van der Waals surface area (Å²) >= 11 is 5.17. The van der Waals surface area contributed by atoms with Crippen molar-refractivity contribution in [1.82, 2.24) is 0 Å². The summed E-state index contributed by atoms with van der Waals surface area (Å²) < 4.78 is 4.74. The average molecular weight is 354 g/mol. The first-order chi connectivity index (χ1) is 12.0. The number of hydrogen-bond acceptors (Lipinski definition) is 5. The van der Waals surface area contributed by atoms with Gasteiger partial charge in [-0.15, -0.1) is 0 Å². The molecule has 0 saturated carbocycles. The Kier molecular flexibility index (Phi) is 4.33. The second-order valence-electron chi connectivity index (χ2n) is 5.41. The fourth-order valence-corrected chi connectivity index (χ4v) is 2.82. The fraction of sp³-hybridized carbons (Fsp3) is 0.111. The van der Waals surface area contributed by atoms with E-state index in [4.69, 9.17) is 17.0 Å². The van der Waals surface area contributed by atoms with Gasteiger partial charge in [-0.05, 0) is 31.2 Å². The number of hydrogen-bond donors (Lipinski definition) is 0. The van der Waals surface area contributed by atoms with Gasteiger partial charge >= 0.3 is 12.0 Å². The Labute approximate surface area is 149 Å². The summed E-state index contributed by atoms with van der Waals surface area (Å²) in [5, 5.41) is 0. The van der Waals surface area contributed by atoms with Gasteiger partial charge in [-0.3, -0.25) is 4.79 Å². The number of esters is 1. The molecule has 1 aliphatic heterocycles. The van der Waals surface area contributed by atoms with Crippen LogP contribution in [0.15, 0.2) is 48.5 Å². The molecular weight excluding hydrogens is 340 g/mol. The molecule has 0 spiro atoms. The molecule has 2 aromatic rings. The standard InChI is InChI=1S/C18H14N2O4S/c1-11-7-9-12(10-8-11)19-15(21)16(25)20(18(19)23)14-6-4-3-5-13(14)17(22)24-2/h3-10H,1-2H3. The molecule has 0 aliphatic carbocycles. The number of urea groups is 1. The van der Waals surface area contributed by atoms with Crippen LogP contribution < -0.4 is 9.80 Å². The van der Waals surface area contributed by atoms with Crippen molar-refractivity contribution in [2.75, 3.05) is 16.9 Å². The summed E-state index contributed by atoms with van der Waals surface area (Å²) in [4.78, 5) is 39.2. The number of rotatable bonds is 3. The highest BCUT2D eigenvalue weighted by Gasteiger charge is 2.44. The molecule has 2 aromatic carbocycles. The van der Waals surface area contributed by atoms with Gasteiger partial charge in [-0.1, -0.05) is 42.0 Å². The van der Waals surface area contributed by atoms with Crippen molar-refractivity contribution in [2.24, 2.45) is 0 Å². The number of aryl methyl sites for hydroxylation is 1. The zero-order chi connectivity index (χ0) is 18.1. The molecule has 6 nitrogen and oxygen atoms in total. The third-order valence-electron chi connectivity index (χ3n) is 3.81. The lowest BCUT2D eigenvalue weighted by Crippen LogP contribution is -2.34. The Morgan fingerprint density at radius 1 is 1.00 bits per heavy atom. The molecule has 1 aliphatic rings. The molecule has 1 saturated heterocycles. The van der Waals surface area contributed by atoms with Crippen LogP contribution in [0.4, 0.5) is 16.2 Å². The number of carbonyl (C=O) groups is 3. The summed E-state index contributed by atoms with van der Waals surface area (Å²) in [6, 6.07) is 12.6. The van der Waals surface area contributed by atoms with Crippen molar-refractivity contribution in [2.45, 2.75) is 6.92 Å². The molecule has 0 N–H and O–H groups in total. The minimum Gasteiger partial charge on any atom is -0.465 e. The van der Waals surface area contributed by atoms with Crippen LogP contribution in [0.2, 0.25) is 0 Å². The summed E-state index contributed by atoms with van der Waals surface area (Å²) in [7, 11) is 1.24. The van der Waals surface area contributed by atoms with Gasteiger partial charge < -0.3 is 4.74 Å².